The van der Waals surface area contributed by atoms with E-state index in [9.17, 15) is 9.50 Å². The molecule has 0 bridgehead atoms. The summed E-state index contributed by atoms with van der Waals surface area (Å²) in [6.07, 6.45) is -0.795. The summed E-state index contributed by atoms with van der Waals surface area (Å²) in [5.41, 5.74) is 1.40. The van der Waals surface area contributed by atoms with Crippen molar-refractivity contribution in [3.05, 3.63) is 50.1 Å². The lowest BCUT2D eigenvalue weighted by Crippen LogP contribution is -2.01. The van der Waals surface area contributed by atoms with E-state index in [1.165, 1.54) is 23.5 Å². The van der Waals surface area contributed by atoms with Crippen molar-refractivity contribution in [2.75, 3.05) is 0 Å². The van der Waals surface area contributed by atoms with Crippen molar-refractivity contribution in [3.63, 3.8) is 0 Å². The smallest absolute Gasteiger partial charge is 0.131 e. The van der Waals surface area contributed by atoms with Gasteiger partial charge in [0.15, 0.2) is 0 Å². The monoisotopic (exact) mass is 301 g/mol. The van der Waals surface area contributed by atoms with Crippen LogP contribution in [0.15, 0.2) is 28.2 Å². The second kappa shape index (κ2) is 4.61. The van der Waals surface area contributed by atoms with E-state index in [2.05, 4.69) is 20.9 Å². The summed E-state index contributed by atoms with van der Waals surface area (Å²) >= 11 is 4.59. The largest absolute Gasteiger partial charge is 0.381 e. The van der Waals surface area contributed by atoms with Crippen molar-refractivity contribution in [2.45, 2.75) is 13.0 Å². The molecule has 1 aromatic heterocycles. The summed E-state index contributed by atoms with van der Waals surface area (Å²) in [4.78, 5) is 4.14. The maximum Gasteiger partial charge on any atom is 0.131 e. The van der Waals surface area contributed by atoms with Gasteiger partial charge in [0, 0.05) is 5.38 Å². The molecule has 0 radical (unpaired) electrons. The molecule has 2 aromatic rings. The Morgan fingerprint density at radius 1 is 1.50 bits per heavy atom. The van der Waals surface area contributed by atoms with Crippen LogP contribution in [0, 0.1) is 12.7 Å². The maximum absolute atomic E-state index is 12.9. The van der Waals surface area contributed by atoms with Gasteiger partial charge < -0.3 is 5.11 Å². The molecular formula is C11H9BrFNOS. The molecule has 84 valence electrons. The van der Waals surface area contributed by atoms with Gasteiger partial charge in [-0.05, 0) is 46.1 Å². The molecule has 1 heterocycles. The molecule has 1 N–H and O–H groups in total. The summed E-state index contributed by atoms with van der Waals surface area (Å²) < 4.78 is 13.6. The lowest BCUT2D eigenvalue weighted by atomic mass is 10.0. The van der Waals surface area contributed by atoms with E-state index in [1.807, 2.05) is 0 Å². The molecule has 1 aromatic carbocycles. The van der Waals surface area contributed by atoms with E-state index in [1.54, 1.807) is 18.4 Å². The zero-order valence-electron chi connectivity index (χ0n) is 8.45. The molecule has 0 saturated carbocycles. The number of hydrogen-bond acceptors (Lipinski definition) is 3. The van der Waals surface area contributed by atoms with Gasteiger partial charge in [0.1, 0.15) is 21.5 Å². The average Bonchev–Trinajstić information content (AvgIpc) is 2.64. The van der Waals surface area contributed by atoms with E-state index < -0.39 is 6.10 Å². The summed E-state index contributed by atoms with van der Waals surface area (Å²) in [6.45, 7) is 1.77. The molecule has 0 amide bonds. The second-order valence-electron chi connectivity index (χ2n) is 3.41. The second-order valence-corrected chi connectivity index (χ2v) is 5.11. The van der Waals surface area contributed by atoms with E-state index in [4.69, 9.17) is 0 Å². The topological polar surface area (TPSA) is 33.1 Å². The van der Waals surface area contributed by atoms with Gasteiger partial charge in [-0.2, -0.15) is 0 Å². The van der Waals surface area contributed by atoms with Crippen molar-refractivity contribution >= 4 is 27.3 Å². The van der Waals surface area contributed by atoms with Gasteiger partial charge in [0.05, 0.1) is 0 Å². The molecule has 1 unspecified atom stereocenters. The van der Waals surface area contributed by atoms with Crippen LogP contribution in [0.5, 0.6) is 0 Å². The van der Waals surface area contributed by atoms with Gasteiger partial charge in [0.25, 0.3) is 0 Å². The molecule has 0 aliphatic heterocycles. The predicted octanol–water partition coefficient (Wildman–Crippen LogP) is 3.43. The minimum Gasteiger partial charge on any atom is -0.381 e. The molecule has 2 nitrogen and oxygen atoms in total. The Morgan fingerprint density at radius 3 is 2.81 bits per heavy atom. The fraction of sp³-hybridized carbons (Fsp3) is 0.182. The van der Waals surface area contributed by atoms with Crippen molar-refractivity contribution in [1.82, 2.24) is 4.98 Å². The lowest BCUT2D eigenvalue weighted by molar-refractivity contribution is 0.218. The van der Waals surface area contributed by atoms with Crippen molar-refractivity contribution < 1.29 is 9.50 Å². The number of thiazole rings is 1. The van der Waals surface area contributed by atoms with Gasteiger partial charge >= 0.3 is 0 Å². The zero-order chi connectivity index (χ0) is 11.7. The molecule has 0 saturated heterocycles. The molecule has 0 spiro atoms. The molecule has 16 heavy (non-hydrogen) atoms. The first-order chi connectivity index (χ1) is 7.58. The highest BCUT2D eigenvalue weighted by Crippen LogP contribution is 2.28. The van der Waals surface area contributed by atoms with Gasteiger partial charge in [-0.3, -0.25) is 0 Å². The highest BCUT2D eigenvalue weighted by molar-refractivity contribution is 9.10. The minimum atomic E-state index is -0.795. The van der Waals surface area contributed by atoms with Crippen LogP contribution >= 0.6 is 27.3 Å². The number of hydrogen-bond donors (Lipinski definition) is 1. The van der Waals surface area contributed by atoms with Crippen molar-refractivity contribution in [3.8, 4) is 0 Å². The average molecular weight is 302 g/mol. The van der Waals surface area contributed by atoms with Crippen molar-refractivity contribution in [1.29, 1.82) is 0 Å². The Kier molecular flexibility index (Phi) is 3.37. The number of nitrogens with zero attached hydrogens (tertiary/aromatic N) is 1. The molecule has 2 rings (SSSR count). The van der Waals surface area contributed by atoms with Crippen LogP contribution in [0.1, 0.15) is 22.2 Å². The van der Waals surface area contributed by atoms with E-state index >= 15 is 0 Å². The van der Waals surface area contributed by atoms with Gasteiger partial charge in [-0.1, -0.05) is 6.07 Å². The first kappa shape index (κ1) is 11.7. The third-order valence-electron chi connectivity index (χ3n) is 2.25. The number of aliphatic hydroxyl groups is 1. The standard InChI is InChI=1S/C11H9BrFNOS/c1-6-4-7(13)2-3-8(6)10(15)11-14-9(12)5-16-11/h2-5,10,15H,1H3. The normalized spacial score (nSPS) is 12.8. The molecule has 0 fully saturated rings. The summed E-state index contributed by atoms with van der Waals surface area (Å²) in [6, 6.07) is 4.33. The van der Waals surface area contributed by atoms with Crippen LogP contribution in [-0.2, 0) is 0 Å². The summed E-state index contributed by atoms with van der Waals surface area (Å²) in [5.74, 6) is -0.297. The molecule has 1 atom stereocenters. The van der Waals surface area contributed by atoms with E-state index in [0.29, 0.717) is 15.2 Å². The van der Waals surface area contributed by atoms with Gasteiger partial charge in [-0.15, -0.1) is 11.3 Å². The molecule has 5 heteroatoms. The highest BCUT2D eigenvalue weighted by atomic mass is 79.9. The maximum atomic E-state index is 12.9. The minimum absolute atomic E-state index is 0.297. The van der Waals surface area contributed by atoms with Crippen LogP contribution in [0.4, 0.5) is 4.39 Å². The fourth-order valence-corrected chi connectivity index (χ4v) is 2.74. The zero-order valence-corrected chi connectivity index (χ0v) is 10.8. The Bertz CT molecular complexity index is 514. The fourth-order valence-electron chi connectivity index (χ4n) is 1.47. The van der Waals surface area contributed by atoms with Crippen LogP contribution in [-0.4, -0.2) is 10.1 Å². The van der Waals surface area contributed by atoms with Crippen LogP contribution < -0.4 is 0 Å². The number of rotatable bonds is 2. The van der Waals surface area contributed by atoms with Crippen LogP contribution in [0.25, 0.3) is 0 Å². The van der Waals surface area contributed by atoms with E-state index in [0.717, 1.165) is 5.56 Å². The molecular weight excluding hydrogens is 293 g/mol. The van der Waals surface area contributed by atoms with Gasteiger partial charge in [0.2, 0.25) is 0 Å². The van der Waals surface area contributed by atoms with Gasteiger partial charge in [-0.25, -0.2) is 9.37 Å². The Hall–Kier alpha value is -0.780. The van der Waals surface area contributed by atoms with Crippen molar-refractivity contribution in [2.24, 2.45) is 0 Å². The van der Waals surface area contributed by atoms with Crippen LogP contribution in [0.3, 0.4) is 0 Å². The number of aromatic nitrogens is 1. The molecule has 0 aliphatic rings. The number of aryl methyl sites for hydroxylation is 1. The predicted molar refractivity (Wildman–Crippen MR) is 65.0 cm³/mol. The quantitative estimate of drug-likeness (QED) is 0.922. The first-order valence-corrected chi connectivity index (χ1v) is 6.30. The number of benzene rings is 1. The Labute approximate surface area is 105 Å². The SMILES string of the molecule is Cc1cc(F)ccc1C(O)c1nc(Br)cs1. The third kappa shape index (κ3) is 2.31. The Balaban J connectivity index is 2.37. The number of halogens is 2. The van der Waals surface area contributed by atoms with E-state index in [-0.39, 0.29) is 5.82 Å². The summed E-state index contributed by atoms with van der Waals surface area (Å²) in [7, 11) is 0. The Morgan fingerprint density at radius 2 is 2.25 bits per heavy atom. The summed E-state index contributed by atoms with van der Waals surface area (Å²) in [5, 5.41) is 12.5. The number of aliphatic hydroxyl groups excluding tert-OH is 1. The van der Waals surface area contributed by atoms with Crippen LogP contribution in [0.2, 0.25) is 0 Å². The first-order valence-electron chi connectivity index (χ1n) is 4.63. The molecule has 0 aliphatic carbocycles. The third-order valence-corrected chi connectivity index (χ3v) is 3.86. The highest BCUT2D eigenvalue weighted by Gasteiger charge is 2.16. The lowest BCUT2D eigenvalue weighted by Gasteiger charge is -2.10.